The van der Waals surface area contributed by atoms with Crippen LogP contribution >= 0.6 is 0 Å². The van der Waals surface area contributed by atoms with E-state index in [0.29, 0.717) is 12.6 Å². The SMILES string of the molecule is CC(C)C(=O)CC(NC(=O)CN1CCC(N2CCCN(C)CC2)CC1)C(=O)C(C)C. The van der Waals surface area contributed by atoms with E-state index in [4.69, 9.17) is 0 Å². The van der Waals surface area contributed by atoms with Crippen molar-refractivity contribution in [1.29, 1.82) is 0 Å². The van der Waals surface area contributed by atoms with Crippen molar-refractivity contribution < 1.29 is 14.4 Å². The molecule has 7 nitrogen and oxygen atoms in total. The zero-order valence-corrected chi connectivity index (χ0v) is 19.7. The first kappa shape index (κ1) is 25.0. The third-order valence-electron chi connectivity index (χ3n) is 6.49. The highest BCUT2D eigenvalue weighted by atomic mass is 16.2. The highest BCUT2D eigenvalue weighted by Crippen LogP contribution is 2.18. The molecule has 0 aromatic rings. The predicted octanol–water partition coefficient (Wildman–Crippen LogP) is 1.41. The number of carbonyl (C=O) groups is 3. The van der Waals surface area contributed by atoms with Gasteiger partial charge < -0.3 is 10.2 Å². The average molecular weight is 423 g/mol. The fourth-order valence-corrected chi connectivity index (χ4v) is 4.38. The summed E-state index contributed by atoms with van der Waals surface area (Å²) in [6, 6.07) is -0.103. The predicted molar refractivity (Wildman–Crippen MR) is 119 cm³/mol. The van der Waals surface area contributed by atoms with Crippen LogP contribution in [0, 0.1) is 11.8 Å². The molecular formula is C23H42N4O3. The third kappa shape index (κ3) is 7.75. The molecule has 0 radical (unpaired) electrons. The van der Waals surface area contributed by atoms with Crippen molar-refractivity contribution in [2.45, 2.75) is 65.5 Å². The van der Waals surface area contributed by atoms with Gasteiger partial charge in [-0.05, 0) is 39.4 Å². The van der Waals surface area contributed by atoms with Crippen molar-refractivity contribution in [3.05, 3.63) is 0 Å². The number of amides is 1. The molecule has 0 saturated carbocycles. The van der Waals surface area contributed by atoms with Crippen LogP contribution in [-0.4, -0.2) is 97.1 Å². The lowest BCUT2D eigenvalue weighted by atomic mass is 9.94. The van der Waals surface area contributed by atoms with Crippen LogP contribution in [0.2, 0.25) is 0 Å². The summed E-state index contributed by atoms with van der Waals surface area (Å²) in [5.41, 5.74) is 0. The molecule has 1 N–H and O–H groups in total. The van der Waals surface area contributed by atoms with Gasteiger partial charge in [0.05, 0.1) is 12.6 Å². The van der Waals surface area contributed by atoms with Gasteiger partial charge in [-0.25, -0.2) is 0 Å². The number of nitrogens with one attached hydrogen (secondary N) is 1. The minimum atomic E-state index is -0.709. The van der Waals surface area contributed by atoms with Crippen LogP contribution in [0.3, 0.4) is 0 Å². The van der Waals surface area contributed by atoms with Gasteiger partial charge in [0.25, 0.3) is 0 Å². The summed E-state index contributed by atoms with van der Waals surface area (Å²) in [5, 5.41) is 2.85. The smallest absolute Gasteiger partial charge is 0.234 e. The summed E-state index contributed by atoms with van der Waals surface area (Å²) in [4.78, 5) is 44.5. The molecule has 1 unspecified atom stereocenters. The summed E-state index contributed by atoms with van der Waals surface area (Å²) in [7, 11) is 2.19. The van der Waals surface area contributed by atoms with E-state index >= 15 is 0 Å². The van der Waals surface area contributed by atoms with Crippen molar-refractivity contribution in [3.8, 4) is 0 Å². The van der Waals surface area contributed by atoms with Crippen LogP contribution in [0.4, 0.5) is 0 Å². The molecule has 0 aromatic heterocycles. The van der Waals surface area contributed by atoms with E-state index in [2.05, 4.69) is 27.1 Å². The number of hydrogen-bond acceptors (Lipinski definition) is 6. The third-order valence-corrected chi connectivity index (χ3v) is 6.49. The summed E-state index contributed by atoms with van der Waals surface area (Å²) in [5.74, 6) is -0.554. The van der Waals surface area contributed by atoms with E-state index in [0.717, 1.165) is 39.0 Å². The number of hydrogen-bond donors (Lipinski definition) is 1. The molecule has 2 saturated heterocycles. The fraction of sp³-hybridized carbons (Fsp3) is 0.870. The second-order valence-electron chi connectivity index (χ2n) is 9.70. The van der Waals surface area contributed by atoms with Crippen LogP contribution in [0.1, 0.15) is 53.4 Å². The van der Waals surface area contributed by atoms with Crippen LogP contribution in [0.5, 0.6) is 0 Å². The molecule has 172 valence electrons. The van der Waals surface area contributed by atoms with Crippen LogP contribution in [0.15, 0.2) is 0 Å². The Kier molecular flexibility index (Phi) is 9.91. The fourth-order valence-electron chi connectivity index (χ4n) is 4.38. The maximum absolute atomic E-state index is 12.6. The van der Waals surface area contributed by atoms with E-state index in [-0.39, 0.29) is 35.7 Å². The summed E-state index contributed by atoms with van der Waals surface area (Å²) in [6.45, 7) is 14.0. The van der Waals surface area contributed by atoms with Crippen LogP contribution < -0.4 is 5.32 Å². The molecule has 0 aromatic carbocycles. The van der Waals surface area contributed by atoms with E-state index in [1.54, 1.807) is 0 Å². The summed E-state index contributed by atoms with van der Waals surface area (Å²) < 4.78 is 0. The van der Waals surface area contributed by atoms with Crippen LogP contribution in [0.25, 0.3) is 0 Å². The zero-order valence-electron chi connectivity index (χ0n) is 19.7. The maximum Gasteiger partial charge on any atom is 0.234 e. The van der Waals surface area contributed by atoms with Gasteiger partial charge in [-0.1, -0.05) is 27.7 Å². The molecule has 0 aliphatic carbocycles. The van der Waals surface area contributed by atoms with Crippen molar-refractivity contribution >= 4 is 17.5 Å². The molecule has 7 heteroatoms. The second kappa shape index (κ2) is 11.9. The molecule has 0 bridgehead atoms. The molecule has 0 spiro atoms. The molecule has 1 atom stereocenters. The highest BCUT2D eigenvalue weighted by Gasteiger charge is 2.29. The summed E-state index contributed by atoms with van der Waals surface area (Å²) >= 11 is 0. The first-order chi connectivity index (χ1) is 14.2. The topological polar surface area (TPSA) is 73.0 Å². The Morgan fingerprint density at radius 3 is 2.17 bits per heavy atom. The van der Waals surface area contributed by atoms with E-state index < -0.39 is 6.04 Å². The van der Waals surface area contributed by atoms with Gasteiger partial charge in [-0.3, -0.25) is 24.2 Å². The molecule has 2 rings (SSSR count). The van der Waals surface area contributed by atoms with Crippen LogP contribution in [-0.2, 0) is 14.4 Å². The number of piperidine rings is 1. The Morgan fingerprint density at radius 2 is 1.57 bits per heavy atom. The van der Waals surface area contributed by atoms with Gasteiger partial charge in [0, 0.05) is 50.5 Å². The lowest BCUT2D eigenvalue weighted by Gasteiger charge is -2.38. The van der Waals surface area contributed by atoms with E-state index in [1.165, 1.54) is 19.5 Å². The first-order valence-electron chi connectivity index (χ1n) is 11.7. The molecular weight excluding hydrogens is 380 g/mol. The quantitative estimate of drug-likeness (QED) is 0.606. The molecule has 30 heavy (non-hydrogen) atoms. The van der Waals surface area contributed by atoms with E-state index in [1.807, 2.05) is 27.7 Å². The largest absolute Gasteiger partial charge is 0.345 e. The van der Waals surface area contributed by atoms with E-state index in [9.17, 15) is 14.4 Å². The van der Waals surface area contributed by atoms with Crippen molar-refractivity contribution in [2.75, 3.05) is 52.9 Å². The minimum Gasteiger partial charge on any atom is -0.345 e. The van der Waals surface area contributed by atoms with Gasteiger partial charge in [0.1, 0.15) is 5.78 Å². The number of likely N-dealkylation sites (tertiary alicyclic amines) is 1. The number of ketones is 2. The molecule has 2 fully saturated rings. The van der Waals surface area contributed by atoms with Crippen molar-refractivity contribution in [2.24, 2.45) is 11.8 Å². The van der Waals surface area contributed by atoms with Gasteiger partial charge in [-0.15, -0.1) is 0 Å². The Bertz CT molecular complexity index is 585. The minimum absolute atomic E-state index is 0.0122. The van der Waals surface area contributed by atoms with Gasteiger partial charge in [0.2, 0.25) is 5.91 Å². The number of likely N-dealkylation sites (N-methyl/N-ethyl adjacent to an activating group) is 1. The van der Waals surface area contributed by atoms with Crippen molar-refractivity contribution in [3.63, 3.8) is 0 Å². The monoisotopic (exact) mass is 422 g/mol. The summed E-state index contributed by atoms with van der Waals surface area (Å²) in [6.07, 6.45) is 3.47. The number of nitrogens with zero attached hydrogens (tertiary/aromatic N) is 3. The molecule has 2 aliphatic heterocycles. The molecule has 2 aliphatic rings. The van der Waals surface area contributed by atoms with Gasteiger partial charge in [0.15, 0.2) is 5.78 Å². The second-order valence-corrected chi connectivity index (χ2v) is 9.70. The standard InChI is InChI=1S/C23H42N4O3/c1-17(2)21(28)15-20(23(30)18(3)4)24-22(29)16-26-11-7-19(8-12-26)27-10-6-9-25(5)13-14-27/h17-20H,6-16H2,1-5H3,(H,24,29). The Morgan fingerprint density at radius 1 is 0.900 bits per heavy atom. The first-order valence-corrected chi connectivity index (χ1v) is 11.7. The Labute approximate surface area is 182 Å². The number of rotatable bonds is 9. The average Bonchev–Trinajstić information content (AvgIpc) is 2.91. The normalized spacial score (nSPS) is 21.6. The molecule has 2 heterocycles. The molecule has 1 amide bonds. The lowest BCUT2D eigenvalue weighted by Crippen LogP contribution is -2.51. The van der Waals surface area contributed by atoms with Crippen molar-refractivity contribution in [1.82, 2.24) is 20.0 Å². The Hall–Kier alpha value is -1.31. The number of Topliss-reactive ketones (excluding diaryl/α,β-unsaturated/α-hetero) is 2. The van der Waals surface area contributed by atoms with Gasteiger partial charge >= 0.3 is 0 Å². The van der Waals surface area contributed by atoms with Gasteiger partial charge in [-0.2, -0.15) is 0 Å². The Balaban J connectivity index is 1.82. The zero-order chi connectivity index (χ0) is 22.3. The highest BCUT2D eigenvalue weighted by molar-refractivity contribution is 5.95. The maximum atomic E-state index is 12.6. The lowest BCUT2D eigenvalue weighted by molar-refractivity contribution is -0.132. The number of carbonyl (C=O) groups excluding carboxylic acids is 3.